The molecule has 0 N–H and O–H groups in total. The zero-order valence-corrected chi connectivity index (χ0v) is 11.2. The van der Waals surface area contributed by atoms with Crippen LogP contribution in [0.1, 0.15) is 19.8 Å². The Morgan fingerprint density at radius 1 is 1.11 bits per heavy atom. The van der Waals surface area contributed by atoms with E-state index in [2.05, 4.69) is 0 Å². The summed E-state index contributed by atoms with van der Waals surface area (Å²) in [6.07, 6.45) is 0.204. The Hall–Kier alpha value is -2.04. The van der Waals surface area contributed by atoms with Gasteiger partial charge in [-0.05, 0) is 19.1 Å². The number of methoxy groups -OCH3 is 1. The third kappa shape index (κ3) is 5.42. The lowest BCUT2D eigenvalue weighted by Gasteiger charge is -2.09. The molecule has 0 radical (unpaired) electrons. The maximum Gasteiger partial charge on any atom is 0.306 e. The summed E-state index contributed by atoms with van der Waals surface area (Å²) in [5.74, 6) is 0.558. The standard InChI is InChI=1S/C14H18O5/c1-3-18-14(16)9-8-11(15)10-19-13-7-5-4-6-12(13)17-2/h4-7H,3,8-10H2,1-2H3. The van der Waals surface area contributed by atoms with Crippen LogP contribution in [-0.2, 0) is 14.3 Å². The summed E-state index contributed by atoms with van der Waals surface area (Å²) in [5, 5.41) is 0. The quantitative estimate of drug-likeness (QED) is 0.673. The SMILES string of the molecule is CCOC(=O)CCC(=O)COc1ccccc1OC. The number of esters is 1. The number of carbonyl (C=O) groups is 2. The Kier molecular flexibility index (Phi) is 6.43. The molecule has 0 unspecified atom stereocenters. The molecule has 5 heteroatoms. The van der Waals surface area contributed by atoms with E-state index in [9.17, 15) is 9.59 Å². The van der Waals surface area contributed by atoms with Crippen LogP contribution in [-0.4, -0.2) is 32.1 Å². The number of para-hydroxylation sites is 2. The van der Waals surface area contributed by atoms with Crippen molar-refractivity contribution in [2.45, 2.75) is 19.8 Å². The van der Waals surface area contributed by atoms with Crippen molar-refractivity contribution >= 4 is 11.8 Å². The van der Waals surface area contributed by atoms with Crippen LogP contribution in [0.4, 0.5) is 0 Å². The molecule has 0 heterocycles. The highest BCUT2D eigenvalue weighted by atomic mass is 16.5. The van der Waals surface area contributed by atoms with Crippen LogP contribution < -0.4 is 9.47 Å². The maximum atomic E-state index is 11.6. The lowest BCUT2D eigenvalue weighted by molar-refractivity contribution is -0.144. The third-order valence-electron chi connectivity index (χ3n) is 2.37. The molecule has 0 aliphatic carbocycles. The van der Waals surface area contributed by atoms with E-state index in [1.54, 1.807) is 25.1 Å². The van der Waals surface area contributed by atoms with Gasteiger partial charge in [-0.25, -0.2) is 0 Å². The summed E-state index contributed by atoms with van der Waals surface area (Å²) in [7, 11) is 1.53. The highest BCUT2D eigenvalue weighted by molar-refractivity contribution is 5.84. The first-order valence-electron chi connectivity index (χ1n) is 6.10. The lowest BCUT2D eigenvalue weighted by atomic mass is 10.2. The Balaban J connectivity index is 2.35. The first-order chi connectivity index (χ1) is 9.17. The van der Waals surface area contributed by atoms with Gasteiger partial charge in [-0.1, -0.05) is 12.1 Å². The molecule has 104 valence electrons. The van der Waals surface area contributed by atoms with Gasteiger partial charge < -0.3 is 14.2 Å². The summed E-state index contributed by atoms with van der Waals surface area (Å²) < 4.78 is 15.2. The molecule has 19 heavy (non-hydrogen) atoms. The van der Waals surface area contributed by atoms with Crippen LogP contribution in [0.25, 0.3) is 0 Å². The van der Waals surface area contributed by atoms with Crippen molar-refractivity contribution in [2.24, 2.45) is 0 Å². The molecule has 5 nitrogen and oxygen atoms in total. The van der Waals surface area contributed by atoms with Gasteiger partial charge in [-0.2, -0.15) is 0 Å². The van der Waals surface area contributed by atoms with E-state index >= 15 is 0 Å². The molecule has 0 aromatic heterocycles. The molecule has 0 amide bonds. The van der Waals surface area contributed by atoms with Crippen LogP contribution in [0.2, 0.25) is 0 Å². The highest BCUT2D eigenvalue weighted by Gasteiger charge is 2.10. The molecule has 0 aliphatic rings. The predicted octanol–water partition coefficient (Wildman–Crippen LogP) is 1.99. The molecule has 0 saturated carbocycles. The lowest BCUT2D eigenvalue weighted by Crippen LogP contribution is -2.14. The molecular formula is C14H18O5. The molecule has 0 spiro atoms. The van der Waals surface area contributed by atoms with E-state index in [4.69, 9.17) is 14.2 Å². The molecule has 0 aliphatic heterocycles. The normalized spacial score (nSPS) is 9.79. The van der Waals surface area contributed by atoms with Crippen LogP contribution >= 0.6 is 0 Å². The van der Waals surface area contributed by atoms with Crippen LogP contribution in [0.15, 0.2) is 24.3 Å². The zero-order valence-electron chi connectivity index (χ0n) is 11.2. The van der Waals surface area contributed by atoms with Crippen LogP contribution in [0, 0.1) is 0 Å². The Morgan fingerprint density at radius 3 is 2.42 bits per heavy atom. The number of hydrogen-bond acceptors (Lipinski definition) is 5. The van der Waals surface area contributed by atoms with E-state index in [1.807, 2.05) is 6.07 Å². The highest BCUT2D eigenvalue weighted by Crippen LogP contribution is 2.25. The maximum absolute atomic E-state index is 11.6. The van der Waals surface area contributed by atoms with Gasteiger partial charge >= 0.3 is 5.97 Å². The van der Waals surface area contributed by atoms with Gasteiger partial charge in [0.1, 0.15) is 6.61 Å². The minimum absolute atomic E-state index is 0.0836. The molecule has 0 atom stereocenters. The number of carbonyl (C=O) groups excluding carboxylic acids is 2. The van der Waals surface area contributed by atoms with Crippen molar-refractivity contribution in [3.05, 3.63) is 24.3 Å². The number of benzene rings is 1. The van der Waals surface area contributed by atoms with E-state index < -0.39 is 0 Å². The van der Waals surface area contributed by atoms with E-state index in [1.165, 1.54) is 7.11 Å². The molecule has 1 aromatic carbocycles. The summed E-state index contributed by atoms with van der Waals surface area (Å²) in [4.78, 5) is 22.6. The van der Waals surface area contributed by atoms with Gasteiger partial charge in [0, 0.05) is 6.42 Å². The topological polar surface area (TPSA) is 61.8 Å². The Morgan fingerprint density at radius 2 is 1.79 bits per heavy atom. The number of ketones is 1. The Labute approximate surface area is 112 Å². The largest absolute Gasteiger partial charge is 0.493 e. The number of hydrogen-bond donors (Lipinski definition) is 0. The molecule has 0 saturated heterocycles. The second-order valence-electron chi connectivity index (χ2n) is 3.78. The molecule has 1 aromatic rings. The fourth-order valence-electron chi connectivity index (χ4n) is 1.44. The number of rotatable bonds is 8. The number of ether oxygens (including phenoxy) is 3. The van der Waals surface area contributed by atoms with E-state index in [-0.39, 0.29) is 31.2 Å². The van der Waals surface area contributed by atoms with Crippen LogP contribution in [0.5, 0.6) is 11.5 Å². The fourth-order valence-corrected chi connectivity index (χ4v) is 1.44. The summed E-state index contributed by atoms with van der Waals surface area (Å²) in [6.45, 7) is 1.97. The molecular weight excluding hydrogens is 248 g/mol. The number of Topliss-reactive ketones (excluding diaryl/α,β-unsaturated/α-hetero) is 1. The minimum atomic E-state index is -0.367. The van der Waals surface area contributed by atoms with Gasteiger partial charge in [0.25, 0.3) is 0 Å². The van der Waals surface area contributed by atoms with E-state index in [0.29, 0.717) is 18.1 Å². The van der Waals surface area contributed by atoms with Gasteiger partial charge in [-0.15, -0.1) is 0 Å². The van der Waals surface area contributed by atoms with Crippen molar-refractivity contribution in [1.29, 1.82) is 0 Å². The minimum Gasteiger partial charge on any atom is -0.493 e. The van der Waals surface area contributed by atoms with Crippen molar-refractivity contribution in [2.75, 3.05) is 20.3 Å². The average Bonchev–Trinajstić information content (AvgIpc) is 2.43. The first kappa shape index (κ1) is 15.0. The first-order valence-corrected chi connectivity index (χ1v) is 6.10. The zero-order chi connectivity index (χ0) is 14.1. The summed E-state index contributed by atoms with van der Waals surface area (Å²) in [6, 6.07) is 7.07. The van der Waals surface area contributed by atoms with Crippen molar-refractivity contribution in [3.63, 3.8) is 0 Å². The van der Waals surface area contributed by atoms with Crippen LogP contribution in [0.3, 0.4) is 0 Å². The third-order valence-corrected chi connectivity index (χ3v) is 2.37. The van der Waals surface area contributed by atoms with Gasteiger partial charge in [0.05, 0.1) is 20.1 Å². The summed E-state index contributed by atoms with van der Waals surface area (Å²) >= 11 is 0. The second-order valence-corrected chi connectivity index (χ2v) is 3.78. The predicted molar refractivity (Wildman–Crippen MR) is 69.4 cm³/mol. The monoisotopic (exact) mass is 266 g/mol. The van der Waals surface area contributed by atoms with E-state index in [0.717, 1.165) is 0 Å². The average molecular weight is 266 g/mol. The molecule has 0 fully saturated rings. The molecule has 0 bridgehead atoms. The van der Waals surface area contributed by atoms with Crippen molar-refractivity contribution in [1.82, 2.24) is 0 Å². The van der Waals surface area contributed by atoms with Crippen molar-refractivity contribution < 1.29 is 23.8 Å². The van der Waals surface area contributed by atoms with Gasteiger partial charge in [0.15, 0.2) is 17.3 Å². The Bertz CT molecular complexity index is 428. The fraction of sp³-hybridized carbons (Fsp3) is 0.429. The van der Waals surface area contributed by atoms with Crippen molar-refractivity contribution in [3.8, 4) is 11.5 Å². The molecule has 1 rings (SSSR count). The van der Waals surface area contributed by atoms with Gasteiger partial charge in [-0.3, -0.25) is 9.59 Å². The summed E-state index contributed by atoms with van der Waals surface area (Å²) in [5.41, 5.74) is 0. The van der Waals surface area contributed by atoms with Gasteiger partial charge in [0.2, 0.25) is 0 Å². The second kappa shape index (κ2) is 8.13. The smallest absolute Gasteiger partial charge is 0.306 e.